The van der Waals surface area contributed by atoms with Gasteiger partial charge in [0.1, 0.15) is 73.2 Å². The van der Waals surface area contributed by atoms with E-state index in [1.165, 1.54) is 148 Å². The van der Waals surface area contributed by atoms with Gasteiger partial charge in [0.25, 0.3) is 0 Å². The van der Waals surface area contributed by atoms with E-state index in [1.54, 1.807) is 6.08 Å². The number of allylic oxidation sites excluding steroid dienone is 1. The van der Waals surface area contributed by atoms with Crippen LogP contribution >= 0.6 is 0 Å². The molecule has 0 saturated carbocycles. The lowest BCUT2D eigenvalue weighted by atomic mass is 9.96. The number of ether oxygens (including phenoxy) is 6. The summed E-state index contributed by atoms with van der Waals surface area (Å²) >= 11 is 0. The summed E-state index contributed by atoms with van der Waals surface area (Å²) < 4.78 is 34.2. The van der Waals surface area contributed by atoms with Crippen molar-refractivity contribution in [2.75, 3.05) is 26.4 Å². The van der Waals surface area contributed by atoms with Crippen LogP contribution in [0, 0.1) is 0 Å². The molecule has 17 unspecified atom stereocenters. The third-order valence-corrected chi connectivity index (χ3v) is 15.6. The molecule has 3 heterocycles. The summed E-state index contributed by atoms with van der Waals surface area (Å²) in [5.41, 5.74) is 0. The van der Waals surface area contributed by atoms with Crippen molar-refractivity contribution in [1.82, 2.24) is 5.32 Å². The molecule has 77 heavy (non-hydrogen) atoms. The SMILES string of the molecule is CCCCCCCCCCCCCCC/C=C/C(O)C(COC1OC(CO)C(OC2OC(CO)C(OC3OC(CO)C(O)C(O)C3O)C(O)C2O)C(O)C1O)NC(=O)CCCCCCCCCCCCCCCCCCC. The smallest absolute Gasteiger partial charge is 0.220 e. The minimum atomic E-state index is -1.97. The van der Waals surface area contributed by atoms with Crippen LogP contribution in [0.15, 0.2) is 12.2 Å². The van der Waals surface area contributed by atoms with Crippen LogP contribution in [0.5, 0.6) is 0 Å². The van der Waals surface area contributed by atoms with E-state index < -0.39 is 124 Å². The largest absolute Gasteiger partial charge is 0.394 e. The fourth-order valence-electron chi connectivity index (χ4n) is 10.5. The van der Waals surface area contributed by atoms with Crippen LogP contribution in [-0.4, -0.2) is 193 Å². The van der Waals surface area contributed by atoms with Gasteiger partial charge in [-0.3, -0.25) is 4.79 Å². The second-order valence-electron chi connectivity index (χ2n) is 22.2. The number of hydrogen-bond donors (Lipinski definition) is 12. The summed E-state index contributed by atoms with van der Waals surface area (Å²) in [6.45, 7) is 1.73. The first kappa shape index (κ1) is 69.8. The number of aliphatic hydroxyl groups excluding tert-OH is 11. The summed E-state index contributed by atoms with van der Waals surface area (Å²) in [7, 11) is 0. The summed E-state index contributed by atoms with van der Waals surface area (Å²) in [5, 5.41) is 120. The minimum Gasteiger partial charge on any atom is -0.394 e. The summed E-state index contributed by atoms with van der Waals surface area (Å²) in [5.74, 6) is -0.273. The first-order valence-electron chi connectivity index (χ1n) is 30.4. The molecule has 3 rings (SSSR count). The zero-order chi connectivity index (χ0) is 56.2. The highest BCUT2D eigenvalue weighted by Crippen LogP contribution is 2.33. The number of carbonyl (C=O) groups excluding carboxylic acids is 1. The van der Waals surface area contributed by atoms with E-state index in [4.69, 9.17) is 28.4 Å². The molecule has 0 bridgehead atoms. The summed E-state index contributed by atoms with van der Waals surface area (Å²) in [6, 6.07) is -0.966. The van der Waals surface area contributed by atoms with Gasteiger partial charge >= 0.3 is 0 Å². The molecule has 0 aromatic carbocycles. The molecule has 12 N–H and O–H groups in total. The van der Waals surface area contributed by atoms with Gasteiger partial charge in [0.15, 0.2) is 18.9 Å². The van der Waals surface area contributed by atoms with Crippen molar-refractivity contribution in [1.29, 1.82) is 0 Å². The fraction of sp³-hybridized carbons (Fsp3) is 0.948. The minimum absolute atomic E-state index is 0.249. The first-order chi connectivity index (χ1) is 37.3. The van der Waals surface area contributed by atoms with Crippen molar-refractivity contribution in [3.8, 4) is 0 Å². The topological polar surface area (TPSA) is 307 Å². The average molecular weight is 1110 g/mol. The number of rotatable bonds is 45. The molecule has 19 heteroatoms. The van der Waals surface area contributed by atoms with Crippen molar-refractivity contribution in [3.05, 3.63) is 12.2 Å². The molecule has 3 aliphatic heterocycles. The maximum Gasteiger partial charge on any atom is 0.220 e. The van der Waals surface area contributed by atoms with Crippen LogP contribution < -0.4 is 5.32 Å². The Kier molecular flexibility index (Phi) is 38.4. The lowest BCUT2D eigenvalue weighted by Gasteiger charge is -2.48. The number of carbonyl (C=O) groups is 1. The normalized spacial score (nSPS) is 30.7. The van der Waals surface area contributed by atoms with Crippen LogP contribution in [0.2, 0.25) is 0 Å². The highest BCUT2D eigenvalue weighted by atomic mass is 16.8. The molecule has 3 saturated heterocycles. The Labute approximate surface area is 461 Å². The van der Waals surface area contributed by atoms with E-state index >= 15 is 0 Å². The Morgan fingerprint density at radius 3 is 1.22 bits per heavy atom. The van der Waals surface area contributed by atoms with E-state index in [0.717, 1.165) is 44.9 Å². The van der Waals surface area contributed by atoms with Crippen LogP contribution in [0.3, 0.4) is 0 Å². The van der Waals surface area contributed by atoms with E-state index in [2.05, 4.69) is 19.2 Å². The van der Waals surface area contributed by atoms with Gasteiger partial charge in [0.05, 0.1) is 38.6 Å². The van der Waals surface area contributed by atoms with Gasteiger partial charge in [-0.1, -0.05) is 206 Å². The predicted octanol–water partition coefficient (Wildman–Crippen LogP) is 5.38. The van der Waals surface area contributed by atoms with Crippen molar-refractivity contribution >= 4 is 5.91 Å². The molecular weight excluding hydrogens is 999 g/mol. The van der Waals surface area contributed by atoms with Crippen molar-refractivity contribution < 1.29 is 89.4 Å². The third-order valence-electron chi connectivity index (χ3n) is 15.6. The molecule has 1 amide bonds. The fourth-order valence-corrected chi connectivity index (χ4v) is 10.5. The molecule has 17 atom stereocenters. The maximum absolute atomic E-state index is 13.3. The van der Waals surface area contributed by atoms with Crippen molar-refractivity contribution in [2.45, 2.75) is 324 Å². The lowest BCUT2D eigenvalue weighted by molar-refractivity contribution is -0.379. The Morgan fingerprint density at radius 1 is 0.455 bits per heavy atom. The van der Waals surface area contributed by atoms with Gasteiger partial charge in [-0.25, -0.2) is 0 Å². The molecule has 3 fully saturated rings. The molecular formula is C58H109NO18. The summed E-state index contributed by atoms with van der Waals surface area (Å²) in [6.07, 6.45) is 14.7. The average Bonchev–Trinajstić information content (AvgIpc) is 3.45. The number of aliphatic hydroxyl groups is 11. The second kappa shape index (κ2) is 42.4. The molecule has 0 aromatic heterocycles. The van der Waals surface area contributed by atoms with Gasteiger partial charge in [0, 0.05) is 6.42 Å². The Hall–Kier alpha value is -1.47. The van der Waals surface area contributed by atoms with Crippen LogP contribution in [-0.2, 0) is 33.2 Å². The molecule has 19 nitrogen and oxygen atoms in total. The van der Waals surface area contributed by atoms with E-state index in [0.29, 0.717) is 6.42 Å². The lowest BCUT2D eigenvalue weighted by Crippen LogP contribution is -2.66. The second-order valence-corrected chi connectivity index (χ2v) is 22.2. The summed E-state index contributed by atoms with van der Waals surface area (Å²) in [4.78, 5) is 13.3. The Morgan fingerprint density at radius 2 is 0.805 bits per heavy atom. The molecule has 3 aliphatic rings. The zero-order valence-corrected chi connectivity index (χ0v) is 47.2. The van der Waals surface area contributed by atoms with Crippen LogP contribution in [0.25, 0.3) is 0 Å². The van der Waals surface area contributed by atoms with Gasteiger partial charge in [-0.05, 0) is 19.3 Å². The third kappa shape index (κ3) is 26.5. The number of unbranched alkanes of at least 4 members (excludes halogenated alkanes) is 29. The van der Waals surface area contributed by atoms with Crippen molar-refractivity contribution in [3.63, 3.8) is 0 Å². The van der Waals surface area contributed by atoms with E-state index in [-0.39, 0.29) is 18.9 Å². The standard InChI is InChI=1S/C58H109NO18/c1-3-5-7-9-11-13-15-17-19-20-22-24-26-28-30-32-34-36-46(64)59-41(42(63)35-33-31-29-27-25-23-21-18-16-14-12-10-8-6-4-2)40-72-56-52(70)49(67)54(44(38-61)74-56)77-58-53(71)50(68)55(45(39-62)75-58)76-57-51(69)48(66)47(65)43(37-60)73-57/h33,35,41-45,47-58,60-63,65-71H,3-32,34,36-40H2,1-2H3,(H,59,64)/b35-33+. The quantitative estimate of drug-likeness (QED) is 0.0269. The molecule has 0 spiro atoms. The van der Waals surface area contributed by atoms with E-state index in [1.807, 2.05) is 6.08 Å². The van der Waals surface area contributed by atoms with Gasteiger partial charge in [0.2, 0.25) is 5.91 Å². The Balaban J connectivity index is 1.50. The maximum atomic E-state index is 13.3. The molecule has 0 radical (unpaired) electrons. The predicted molar refractivity (Wildman–Crippen MR) is 291 cm³/mol. The van der Waals surface area contributed by atoms with E-state index in [9.17, 15) is 61.0 Å². The van der Waals surface area contributed by atoms with Crippen LogP contribution in [0.4, 0.5) is 0 Å². The Bertz CT molecular complexity index is 1460. The van der Waals surface area contributed by atoms with Gasteiger partial charge in [-0.15, -0.1) is 0 Å². The van der Waals surface area contributed by atoms with Gasteiger partial charge in [-0.2, -0.15) is 0 Å². The molecule has 454 valence electrons. The zero-order valence-electron chi connectivity index (χ0n) is 47.2. The number of amides is 1. The monoisotopic (exact) mass is 1110 g/mol. The molecule has 0 aliphatic carbocycles. The van der Waals surface area contributed by atoms with Crippen molar-refractivity contribution in [2.24, 2.45) is 0 Å². The van der Waals surface area contributed by atoms with Crippen LogP contribution in [0.1, 0.15) is 219 Å². The number of hydrogen-bond acceptors (Lipinski definition) is 18. The highest BCUT2D eigenvalue weighted by Gasteiger charge is 2.53. The van der Waals surface area contributed by atoms with Gasteiger partial charge < -0.3 is 89.9 Å². The highest BCUT2D eigenvalue weighted by molar-refractivity contribution is 5.76. The number of nitrogens with one attached hydrogen (secondary N) is 1. The molecule has 0 aromatic rings. The first-order valence-corrected chi connectivity index (χ1v) is 30.4.